The van der Waals surface area contributed by atoms with Gasteiger partial charge in [0.1, 0.15) is 0 Å². The lowest BCUT2D eigenvalue weighted by Gasteiger charge is -2.28. The predicted molar refractivity (Wildman–Crippen MR) is 88.9 cm³/mol. The normalized spacial score (nSPS) is 27.2. The monoisotopic (exact) mass is 322 g/mol. The molecule has 0 radical (unpaired) electrons. The zero-order valence-corrected chi connectivity index (χ0v) is 13.8. The van der Waals surface area contributed by atoms with Crippen LogP contribution in [-0.2, 0) is 4.74 Å². The molecule has 0 aromatic carbocycles. The van der Waals surface area contributed by atoms with Crippen molar-refractivity contribution in [1.29, 1.82) is 0 Å². The Morgan fingerprint density at radius 1 is 0.625 bits per heavy atom. The van der Waals surface area contributed by atoms with Crippen LogP contribution in [0, 0.1) is 0 Å². The van der Waals surface area contributed by atoms with Gasteiger partial charge in [-0.05, 0) is 32.1 Å². The fourth-order valence-electron chi connectivity index (χ4n) is 3.58. The first-order valence-electron chi connectivity index (χ1n) is 9.08. The van der Waals surface area contributed by atoms with Gasteiger partial charge in [-0.2, -0.15) is 0 Å². The fourth-order valence-corrected chi connectivity index (χ4v) is 3.58. The van der Waals surface area contributed by atoms with Gasteiger partial charge in [0.15, 0.2) is 0 Å². The summed E-state index contributed by atoms with van der Waals surface area (Å²) in [7, 11) is 0. The number of hydrogen-bond donors (Lipinski definition) is 0. The Bertz CT molecular complexity index is 680. The van der Waals surface area contributed by atoms with Gasteiger partial charge in [-0.25, -0.2) is 0 Å². The summed E-state index contributed by atoms with van der Waals surface area (Å²) in [5.74, 6) is 1.89. The molecule has 1 aliphatic heterocycles. The average Bonchev–Trinajstić information content (AvgIpc) is 3.54. The molecule has 124 valence electrons. The Morgan fingerprint density at radius 3 is 1.46 bits per heavy atom. The minimum Gasteiger partial charge on any atom is -0.380 e. The van der Waals surface area contributed by atoms with E-state index in [1.54, 1.807) is 0 Å². The summed E-state index contributed by atoms with van der Waals surface area (Å²) < 4.78 is 5.90. The Morgan fingerprint density at radius 2 is 1.04 bits per heavy atom. The quantitative estimate of drug-likeness (QED) is 0.864. The van der Waals surface area contributed by atoms with Crippen LogP contribution in [0.15, 0.2) is 24.8 Å². The minimum absolute atomic E-state index is 0.307. The van der Waals surface area contributed by atoms with E-state index < -0.39 is 0 Å². The maximum absolute atomic E-state index is 5.90. The van der Waals surface area contributed by atoms with Gasteiger partial charge in [0.2, 0.25) is 0 Å². The van der Waals surface area contributed by atoms with E-state index in [2.05, 4.69) is 9.97 Å². The van der Waals surface area contributed by atoms with Crippen molar-refractivity contribution >= 4 is 0 Å². The predicted octanol–water partition coefficient (Wildman–Crippen LogP) is 3.31. The van der Waals surface area contributed by atoms with Crippen molar-refractivity contribution in [1.82, 2.24) is 19.9 Å². The van der Waals surface area contributed by atoms with Gasteiger partial charge >= 0.3 is 0 Å². The first-order valence-corrected chi connectivity index (χ1v) is 9.08. The van der Waals surface area contributed by atoms with E-state index >= 15 is 0 Å². The first kappa shape index (κ1) is 14.5. The van der Waals surface area contributed by atoms with Crippen molar-refractivity contribution in [3.8, 4) is 0 Å². The van der Waals surface area contributed by atoms with Crippen LogP contribution in [0.3, 0.4) is 0 Å². The Hall–Kier alpha value is -1.88. The van der Waals surface area contributed by atoms with E-state index in [4.69, 9.17) is 14.7 Å². The molecule has 5 nitrogen and oxygen atoms in total. The van der Waals surface area contributed by atoms with Crippen LogP contribution in [-0.4, -0.2) is 33.1 Å². The molecule has 0 N–H and O–H groups in total. The molecule has 3 heterocycles. The molecule has 3 aliphatic rings. The summed E-state index contributed by atoms with van der Waals surface area (Å²) >= 11 is 0. The van der Waals surface area contributed by atoms with E-state index in [0.717, 1.165) is 42.4 Å². The highest BCUT2D eigenvalue weighted by molar-refractivity contribution is 5.19. The number of aromatic nitrogens is 4. The van der Waals surface area contributed by atoms with Crippen molar-refractivity contribution < 1.29 is 4.74 Å². The van der Waals surface area contributed by atoms with Crippen molar-refractivity contribution in [2.24, 2.45) is 0 Å². The van der Waals surface area contributed by atoms with E-state index in [1.165, 1.54) is 25.7 Å². The van der Waals surface area contributed by atoms with Gasteiger partial charge in [0.25, 0.3) is 0 Å². The van der Waals surface area contributed by atoms with E-state index in [9.17, 15) is 0 Å². The van der Waals surface area contributed by atoms with Crippen LogP contribution in [0.1, 0.15) is 78.6 Å². The van der Waals surface area contributed by atoms with Gasteiger partial charge in [0.05, 0.1) is 36.0 Å². The zero-order chi connectivity index (χ0) is 15.9. The lowest BCUT2D eigenvalue weighted by molar-refractivity contribution is 0.0618. The van der Waals surface area contributed by atoms with Crippen LogP contribution < -0.4 is 0 Å². The summed E-state index contributed by atoms with van der Waals surface area (Å²) in [6.07, 6.45) is 13.7. The third kappa shape index (κ3) is 2.93. The second-order valence-corrected chi connectivity index (χ2v) is 7.45. The third-order valence-corrected chi connectivity index (χ3v) is 5.38. The van der Waals surface area contributed by atoms with Crippen molar-refractivity contribution in [3.63, 3.8) is 0 Å². The summed E-state index contributed by atoms with van der Waals surface area (Å²) in [5.41, 5.74) is 4.47. The van der Waals surface area contributed by atoms with Gasteiger partial charge in [0, 0.05) is 48.5 Å². The fraction of sp³-hybridized carbons (Fsp3) is 0.579. The van der Waals surface area contributed by atoms with Gasteiger partial charge in [-0.15, -0.1) is 0 Å². The van der Waals surface area contributed by atoms with E-state index in [0.29, 0.717) is 23.7 Å². The molecule has 5 heteroatoms. The van der Waals surface area contributed by atoms with Crippen LogP contribution >= 0.6 is 0 Å². The molecule has 0 bridgehead atoms. The van der Waals surface area contributed by atoms with Crippen LogP contribution in [0.25, 0.3) is 0 Å². The molecule has 2 unspecified atom stereocenters. The number of rotatable bonds is 4. The Kier molecular flexibility index (Phi) is 3.55. The lowest BCUT2D eigenvalue weighted by atomic mass is 9.89. The lowest BCUT2D eigenvalue weighted by Crippen LogP contribution is -2.25. The molecule has 5 rings (SSSR count). The van der Waals surface area contributed by atoms with E-state index in [-0.39, 0.29) is 0 Å². The van der Waals surface area contributed by atoms with Crippen LogP contribution in [0.4, 0.5) is 0 Å². The van der Waals surface area contributed by atoms with Crippen molar-refractivity contribution in [3.05, 3.63) is 47.6 Å². The maximum atomic E-state index is 5.90. The summed E-state index contributed by atoms with van der Waals surface area (Å²) in [5, 5.41) is 0. The van der Waals surface area contributed by atoms with Gasteiger partial charge < -0.3 is 4.74 Å². The maximum Gasteiger partial charge on any atom is 0.0644 e. The minimum atomic E-state index is 0.307. The summed E-state index contributed by atoms with van der Waals surface area (Å²) in [6.45, 7) is 1.46. The number of hydrogen-bond acceptors (Lipinski definition) is 5. The number of ether oxygens (including phenoxy) is 1. The van der Waals surface area contributed by atoms with E-state index in [1.807, 2.05) is 24.8 Å². The third-order valence-electron chi connectivity index (χ3n) is 5.38. The summed E-state index contributed by atoms with van der Waals surface area (Å²) in [4.78, 5) is 18.6. The topological polar surface area (TPSA) is 60.8 Å². The van der Waals surface area contributed by atoms with Crippen molar-refractivity contribution in [2.75, 3.05) is 13.2 Å². The zero-order valence-electron chi connectivity index (χ0n) is 13.8. The number of nitrogens with zero attached hydrogens (tertiary/aromatic N) is 4. The Balaban J connectivity index is 1.36. The highest BCUT2D eigenvalue weighted by Gasteiger charge is 2.31. The molecule has 2 saturated carbocycles. The SMILES string of the molecule is c1ncc(C2COCC(c3cncc(C4CC4)n3)C2)nc1C1CC1. The van der Waals surface area contributed by atoms with Crippen molar-refractivity contribution in [2.45, 2.75) is 55.8 Å². The standard InChI is InChI=1S/C19H22N4O/c1-2-12(1)16-6-20-8-18(22-16)14-5-15(11-24-10-14)19-9-21-7-17(23-19)13-3-4-13/h6-9,12-15H,1-5,10-11H2. The summed E-state index contributed by atoms with van der Waals surface area (Å²) in [6, 6.07) is 0. The molecule has 24 heavy (non-hydrogen) atoms. The van der Waals surface area contributed by atoms with Gasteiger partial charge in [-0.1, -0.05) is 0 Å². The molecule has 1 saturated heterocycles. The highest BCUT2D eigenvalue weighted by Crippen LogP contribution is 2.41. The molecular weight excluding hydrogens is 300 g/mol. The highest BCUT2D eigenvalue weighted by atomic mass is 16.5. The molecule has 2 atom stereocenters. The largest absolute Gasteiger partial charge is 0.380 e. The van der Waals surface area contributed by atoms with Gasteiger partial charge in [-0.3, -0.25) is 19.9 Å². The molecule has 3 fully saturated rings. The molecule has 0 spiro atoms. The molecule has 2 aromatic rings. The molecule has 2 aromatic heterocycles. The molecular formula is C19H22N4O. The Labute approximate surface area is 141 Å². The van der Waals surface area contributed by atoms with Crippen LogP contribution in [0.2, 0.25) is 0 Å². The molecule has 0 amide bonds. The van der Waals surface area contributed by atoms with Crippen LogP contribution in [0.5, 0.6) is 0 Å². The first-order chi connectivity index (χ1) is 11.9. The molecule has 2 aliphatic carbocycles. The second kappa shape index (κ2) is 5.88. The smallest absolute Gasteiger partial charge is 0.0644 e. The average molecular weight is 322 g/mol. The second-order valence-electron chi connectivity index (χ2n) is 7.45.